The zero-order valence-corrected chi connectivity index (χ0v) is 15.4. The van der Waals surface area contributed by atoms with E-state index in [4.69, 9.17) is 14.0 Å². The molecule has 2 heterocycles. The molecule has 1 aliphatic heterocycles. The Hall–Kier alpha value is -1.32. The highest BCUT2D eigenvalue weighted by atomic mass is 32.2. The lowest BCUT2D eigenvalue weighted by molar-refractivity contribution is 0.00578. The van der Waals surface area contributed by atoms with Gasteiger partial charge in [0.05, 0.1) is 29.8 Å². The van der Waals surface area contributed by atoms with E-state index in [1.807, 2.05) is 27.7 Å². The average molecular weight is 354 g/mol. The second kappa shape index (κ2) is 5.61. The van der Waals surface area contributed by atoms with Gasteiger partial charge in [-0.2, -0.15) is 0 Å². The second-order valence-corrected chi connectivity index (χ2v) is 9.13. The summed E-state index contributed by atoms with van der Waals surface area (Å²) in [6.07, 6.45) is 6.12. The van der Waals surface area contributed by atoms with Crippen molar-refractivity contribution in [2.45, 2.75) is 57.8 Å². The Bertz CT molecular complexity index is 730. The van der Waals surface area contributed by atoms with E-state index in [2.05, 4.69) is 9.71 Å². The van der Waals surface area contributed by atoms with E-state index in [1.54, 1.807) is 6.20 Å². The van der Waals surface area contributed by atoms with Crippen molar-refractivity contribution in [2.24, 2.45) is 0 Å². The first kappa shape index (κ1) is 17.5. The van der Waals surface area contributed by atoms with Gasteiger partial charge < -0.3 is 14.0 Å². The number of rotatable bonds is 5. The normalized spacial score (nSPS) is 22.5. The Labute approximate surface area is 143 Å². The fraction of sp³-hybridized carbons (Fsp3) is 0.667. The molecular weight excluding hydrogens is 331 g/mol. The van der Waals surface area contributed by atoms with Crippen molar-refractivity contribution in [1.29, 1.82) is 0 Å². The molecule has 0 aromatic carbocycles. The predicted molar refractivity (Wildman–Crippen MR) is 92.1 cm³/mol. The van der Waals surface area contributed by atoms with Crippen molar-refractivity contribution in [3.05, 3.63) is 12.4 Å². The van der Waals surface area contributed by atoms with Crippen LogP contribution in [0, 0.1) is 0 Å². The summed E-state index contributed by atoms with van der Waals surface area (Å²) in [6.45, 7) is 7.84. The molecule has 1 aromatic heterocycles. The van der Waals surface area contributed by atoms with Gasteiger partial charge in [0.1, 0.15) is 11.4 Å². The van der Waals surface area contributed by atoms with Gasteiger partial charge in [0, 0.05) is 11.7 Å². The quantitative estimate of drug-likeness (QED) is 0.802. The maximum atomic E-state index is 11.6. The molecule has 1 saturated carbocycles. The van der Waals surface area contributed by atoms with E-state index < -0.39 is 28.3 Å². The number of hydrogen-bond donors (Lipinski definition) is 1. The predicted octanol–water partition coefficient (Wildman–Crippen LogP) is 1.29. The molecule has 2 fully saturated rings. The van der Waals surface area contributed by atoms with Crippen LogP contribution < -0.4 is 14.9 Å². The molecule has 1 saturated heterocycles. The maximum absolute atomic E-state index is 11.6. The molecular formula is C15H23BN2O5S. The van der Waals surface area contributed by atoms with Gasteiger partial charge in [-0.05, 0) is 40.5 Å². The van der Waals surface area contributed by atoms with Gasteiger partial charge >= 0.3 is 7.12 Å². The van der Waals surface area contributed by atoms with Gasteiger partial charge in [-0.25, -0.2) is 8.42 Å². The van der Waals surface area contributed by atoms with Gasteiger partial charge in [-0.1, -0.05) is 0 Å². The molecule has 0 bridgehead atoms. The third-order valence-electron chi connectivity index (χ3n) is 4.54. The lowest BCUT2D eigenvalue weighted by atomic mass is 9.79. The summed E-state index contributed by atoms with van der Waals surface area (Å²) < 4.78 is 43.8. The number of ether oxygens (including phenoxy) is 1. The standard InChI is InChI=1S/C15H23BN2O5S/c1-14(2)15(3,4)23-16(22-14)11-8-17-9-12(18-24(5,19)20)13(11)21-10-6-7-10/h8-10,18H,6-7H2,1-5H3. The topological polar surface area (TPSA) is 86.8 Å². The molecule has 24 heavy (non-hydrogen) atoms. The molecule has 3 rings (SSSR count). The van der Waals surface area contributed by atoms with E-state index >= 15 is 0 Å². The Morgan fingerprint density at radius 1 is 1.21 bits per heavy atom. The fourth-order valence-electron chi connectivity index (χ4n) is 2.36. The number of nitrogens with zero attached hydrogens (tertiary/aromatic N) is 1. The molecule has 0 spiro atoms. The summed E-state index contributed by atoms with van der Waals surface area (Å²) in [6, 6.07) is 0. The smallest absolute Gasteiger partial charge is 0.488 e. The summed E-state index contributed by atoms with van der Waals surface area (Å²) in [7, 11) is -4.12. The first-order valence-electron chi connectivity index (χ1n) is 7.96. The fourth-order valence-corrected chi connectivity index (χ4v) is 2.90. The van der Waals surface area contributed by atoms with Crippen molar-refractivity contribution < 1.29 is 22.5 Å². The van der Waals surface area contributed by atoms with Crippen molar-refractivity contribution in [3.8, 4) is 5.75 Å². The summed E-state index contributed by atoms with van der Waals surface area (Å²) >= 11 is 0. The number of aromatic nitrogens is 1. The molecule has 0 atom stereocenters. The molecule has 0 radical (unpaired) electrons. The minimum absolute atomic E-state index is 0.0914. The van der Waals surface area contributed by atoms with Crippen molar-refractivity contribution in [1.82, 2.24) is 4.98 Å². The zero-order valence-electron chi connectivity index (χ0n) is 14.6. The summed E-state index contributed by atoms with van der Waals surface area (Å²) in [4.78, 5) is 4.13. The minimum Gasteiger partial charge on any atom is -0.488 e. The Balaban J connectivity index is 1.99. The first-order chi connectivity index (χ1) is 11.0. The number of anilines is 1. The van der Waals surface area contributed by atoms with Gasteiger partial charge in [0.15, 0.2) is 0 Å². The molecule has 9 heteroatoms. The highest BCUT2D eigenvalue weighted by Gasteiger charge is 2.53. The van der Waals surface area contributed by atoms with Crippen molar-refractivity contribution >= 4 is 28.3 Å². The average Bonchev–Trinajstić information content (AvgIpc) is 3.17. The summed E-state index contributed by atoms with van der Waals surface area (Å²) in [5.74, 6) is 0.427. The Morgan fingerprint density at radius 2 is 1.79 bits per heavy atom. The number of pyridine rings is 1. The van der Waals surface area contributed by atoms with E-state index in [0.29, 0.717) is 16.9 Å². The molecule has 1 aromatic rings. The molecule has 1 N–H and O–H groups in total. The van der Waals surface area contributed by atoms with E-state index in [0.717, 1.165) is 19.1 Å². The molecule has 132 valence electrons. The van der Waals surface area contributed by atoms with Gasteiger partial charge in [0.2, 0.25) is 10.0 Å². The molecule has 1 aliphatic carbocycles. The highest BCUT2D eigenvalue weighted by Crippen LogP contribution is 2.38. The molecule has 0 amide bonds. The Morgan fingerprint density at radius 3 is 2.29 bits per heavy atom. The van der Waals surface area contributed by atoms with E-state index in [1.165, 1.54) is 6.20 Å². The van der Waals surface area contributed by atoms with Crippen LogP contribution in [0.2, 0.25) is 0 Å². The summed E-state index contributed by atoms with van der Waals surface area (Å²) in [5, 5.41) is 0. The largest absolute Gasteiger partial charge is 0.500 e. The van der Waals surface area contributed by atoms with Crippen LogP contribution in [0.5, 0.6) is 5.75 Å². The lowest BCUT2D eigenvalue weighted by Crippen LogP contribution is -2.41. The third kappa shape index (κ3) is 3.53. The second-order valence-electron chi connectivity index (χ2n) is 7.39. The maximum Gasteiger partial charge on any atom is 0.500 e. The summed E-state index contributed by atoms with van der Waals surface area (Å²) in [5.41, 5.74) is -0.116. The highest BCUT2D eigenvalue weighted by molar-refractivity contribution is 7.92. The van der Waals surface area contributed by atoms with Crippen LogP contribution in [0.15, 0.2) is 12.4 Å². The van der Waals surface area contributed by atoms with Crippen LogP contribution in [-0.2, 0) is 19.3 Å². The molecule has 2 aliphatic rings. The van der Waals surface area contributed by atoms with E-state index in [9.17, 15) is 8.42 Å². The minimum atomic E-state index is -3.45. The number of nitrogens with one attached hydrogen (secondary N) is 1. The Kier molecular flexibility index (Phi) is 4.09. The van der Waals surface area contributed by atoms with Crippen LogP contribution >= 0.6 is 0 Å². The van der Waals surface area contributed by atoms with Crippen LogP contribution in [-0.4, -0.2) is 44.1 Å². The first-order valence-corrected chi connectivity index (χ1v) is 9.86. The van der Waals surface area contributed by atoms with Crippen molar-refractivity contribution in [2.75, 3.05) is 11.0 Å². The lowest BCUT2D eigenvalue weighted by Gasteiger charge is -2.32. The van der Waals surface area contributed by atoms with Crippen LogP contribution in [0.3, 0.4) is 0 Å². The molecule has 7 nitrogen and oxygen atoms in total. The zero-order chi connectivity index (χ0) is 17.8. The van der Waals surface area contributed by atoms with Crippen LogP contribution in [0.1, 0.15) is 40.5 Å². The van der Waals surface area contributed by atoms with Crippen LogP contribution in [0.25, 0.3) is 0 Å². The van der Waals surface area contributed by atoms with E-state index in [-0.39, 0.29) is 6.10 Å². The third-order valence-corrected chi connectivity index (χ3v) is 5.13. The van der Waals surface area contributed by atoms with Gasteiger partial charge in [0.25, 0.3) is 0 Å². The SMILES string of the molecule is CC1(C)OB(c2cncc(NS(C)(=O)=O)c2OC2CC2)OC1(C)C. The number of sulfonamides is 1. The number of hydrogen-bond acceptors (Lipinski definition) is 6. The van der Waals surface area contributed by atoms with Crippen LogP contribution in [0.4, 0.5) is 5.69 Å². The van der Waals surface area contributed by atoms with Gasteiger partial charge in [-0.15, -0.1) is 0 Å². The monoisotopic (exact) mass is 354 g/mol. The van der Waals surface area contributed by atoms with Crippen molar-refractivity contribution in [3.63, 3.8) is 0 Å². The van der Waals surface area contributed by atoms with Gasteiger partial charge in [-0.3, -0.25) is 9.71 Å². The molecule has 0 unspecified atom stereocenters.